The van der Waals surface area contributed by atoms with Gasteiger partial charge in [0.15, 0.2) is 5.60 Å². The molecule has 0 aromatic rings. The summed E-state index contributed by atoms with van der Waals surface area (Å²) in [5.41, 5.74) is 1.17. The Morgan fingerprint density at radius 2 is 1.92 bits per heavy atom. The minimum atomic E-state index is -0.357. The summed E-state index contributed by atoms with van der Waals surface area (Å²) in [7, 11) is 0. The van der Waals surface area contributed by atoms with Crippen molar-refractivity contribution >= 4 is 12.0 Å². The van der Waals surface area contributed by atoms with E-state index in [1.807, 2.05) is 55.1 Å². The number of piperidine rings is 1. The van der Waals surface area contributed by atoms with Crippen LogP contribution in [0.5, 0.6) is 0 Å². The van der Waals surface area contributed by atoms with Crippen LogP contribution in [0.2, 0.25) is 0 Å². The van der Waals surface area contributed by atoms with Gasteiger partial charge in [0.2, 0.25) is 0 Å². The van der Waals surface area contributed by atoms with Gasteiger partial charge in [-0.25, -0.2) is 4.79 Å². The minimum absolute atomic E-state index is 0.0574. The molecule has 1 N–H and O–H groups in total. The number of ether oxygens (including phenoxy) is 2. The average Bonchev–Trinajstić information content (AvgIpc) is 3.44. The van der Waals surface area contributed by atoms with Gasteiger partial charge in [0.25, 0.3) is 5.91 Å². The maximum Gasteiger partial charge on any atom is 0.410 e. The van der Waals surface area contributed by atoms with E-state index in [1.165, 1.54) is 6.42 Å². The molecular weight excluding hydrogens is 454 g/mol. The van der Waals surface area contributed by atoms with E-state index in [0.717, 1.165) is 49.9 Å². The van der Waals surface area contributed by atoms with Gasteiger partial charge < -0.3 is 24.6 Å². The molecule has 3 aliphatic rings. The summed E-state index contributed by atoms with van der Waals surface area (Å²) >= 11 is 0. The lowest BCUT2D eigenvalue weighted by molar-refractivity contribution is -0.171. The fraction of sp³-hybridized carbons (Fsp3) is 0.655. The first kappa shape index (κ1) is 29.7. The number of amides is 2. The van der Waals surface area contributed by atoms with E-state index < -0.39 is 0 Å². The van der Waals surface area contributed by atoms with Crippen molar-refractivity contribution in [1.82, 2.24) is 15.1 Å². The zero-order chi connectivity index (χ0) is 26.7. The van der Waals surface area contributed by atoms with Gasteiger partial charge >= 0.3 is 6.09 Å². The Labute approximate surface area is 218 Å². The molecule has 1 saturated carbocycles. The van der Waals surface area contributed by atoms with Crippen LogP contribution in [-0.2, 0) is 14.3 Å². The van der Waals surface area contributed by atoms with Gasteiger partial charge in [-0.3, -0.25) is 4.79 Å². The fourth-order valence-corrected chi connectivity index (χ4v) is 3.89. The van der Waals surface area contributed by atoms with Crippen LogP contribution in [0.15, 0.2) is 48.5 Å². The Kier molecular flexibility index (Phi) is 11.8. The van der Waals surface area contributed by atoms with Crippen molar-refractivity contribution in [2.45, 2.75) is 72.8 Å². The summed E-state index contributed by atoms with van der Waals surface area (Å²) in [4.78, 5) is 27.6. The molecule has 0 radical (unpaired) electrons. The highest BCUT2D eigenvalue weighted by Crippen LogP contribution is 2.45. The largest absolute Gasteiger partial charge is 0.438 e. The third-order valence-electron chi connectivity index (χ3n) is 6.68. The Morgan fingerprint density at radius 3 is 2.42 bits per heavy atom. The van der Waals surface area contributed by atoms with Crippen molar-refractivity contribution in [1.29, 1.82) is 0 Å². The van der Waals surface area contributed by atoms with Gasteiger partial charge in [-0.1, -0.05) is 58.4 Å². The smallest absolute Gasteiger partial charge is 0.410 e. The molecule has 2 amide bonds. The zero-order valence-electron chi connectivity index (χ0n) is 23.2. The number of hydrogen-bond donors (Lipinski definition) is 1. The molecule has 2 saturated heterocycles. The third kappa shape index (κ3) is 9.49. The SMILES string of the molecule is C=C(C)N(/C=C\C(C)CC)/C=C(\C=C\CCC)C(=O)NCC.CC1(OC(=O)N2CC3CC3C2)COC1. The lowest BCUT2D eigenvalue weighted by Crippen LogP contribution is -2.52. The Morgan fingerprint density at radius 1 is 1.25 bits per heavy atom. The van der Waals surface area contributed by atoms with Crippen LogP contribution < -0.4 is 5.32 Å². The number of hydrogen-bond acceptors (Lipinski definition) is 5. The molecule has 0 spiro atoms. The second kappa shape index (κ2) is 14.3. The van der Waals surface area contributed by atoms with Gasteiger partial charge in [-0.05, 0) is 51.4 Å². The molecule has 3 unspecified atom stereocenters. The summed E-state index contributed by atoms with van der Waals surface area (Å²) in [6.07, 6.45) is 14.2. The number of nitrogens with zero attached hydrogens (tertiary/aromatic N) is 2. The van der Waals surface area contributed by atoms with Gasteiger partial charge in [-0.15, -0.1) is 0 Å². The standard InChI is InChI=1S/C19H32N2O.C10H15NO3/c1-7-10-11-12-18(19(22)20-9-3)15-21(16(4)5)14-13-17(6)8-2;1-10(5-13-6-10)14-9(12)11-3-7-2-8(7)4-11/h11-15,17H,4,7-10H2,1-3,5-6H3,(H,20,22);7-8H,2-6H2,1H3/b12-11+,14-13-,18-15+;. The van der Waals surface area contributed by atoms with Crippen molar-refractivity contribution in [3.8, 4) is 0 Å². The van der Waals surface area contributed by atoms with Gasteiger partial charge in [0.05, 0.1) is 18.8 Å². The van der Waals surface area contributed by atoms with E-state index >= 15 is 0 Å². The maximum atomic E-state index is 12.2. The minimum Gasteiger partial charge on any atom is -0.438 e. The molecule has 2 heterocycles. The summed E-state index contributed by atoms with van der Waals surface area (Å²) in [5, 5.41) is 2.85. The van der Waals surface area contributed by atoms with E-state index in [-0.39, 0.29) is 17.6 Å². The van der Waals surface area contributed by atoms with Crippen LogP contribution in [0.3, 0.4) is 0 Å². The Hall–Kier alpha value is -2.54. The average molecular weight is 502 g/mol. The molecule has 202 valence electrons. The second-order valence-corrected chi connectivity index (χ2v) is 10.5. The van der Waals surface area contributed by atoms with Crippen LogP contribution in [-0.4, -0.2) is 60.2 Å². The predicted molar refractivity (Wildman–Crippen MR) is 145 cm³/mol. The first-order chi connectivity index (χ1) is 17.1. The number of rotatable bonds is 11. The number of carbonyl (C=O) groups is 2. The van der Waals surface area contributed by atoms with E-state index in [9.17, 15) is 9.59 Å². The van der Waals surface area contributed by atoms with Crippen molar-refractivity contribution < 1.29 is 19.1 Å². The normalized spacial score (nSPS) is 22.8. The Balaban J connectivity index is 0.000000275. The van der Waals surface area contributed by atoms with Crippen LogP contribution in [0.1, 0.15) is 67.2 Å². The highest BCUT2D eigenvalue weighted by atomic mass is 16.6. The van der Waals surface area contributed by atoms with Crippen molar-refractivity contribution in [3.63, 3.8) is 0 Å². The highest BCUT2D eigenvalue weighted by molar-refractivity contribution is 5.96. The van der Waals surface area contributed by atoms with Crippen LogP contribution in [0.4, 0.5) is 4.79 Å². The molecule has 36 heavy (non-hydrogen) atoms. The van der Waals surface area contributed by atoms with E-state index in [0.29, 0.717) is 31.2 Å². The summed E-state index contributed by atoms with van der Waals surface area (Å²) < 4.78 is 10.4. The molecule has 2 aliphatic heterocycles. The molecular formula is C29H47N3O4. The first-order valence-corrected chi connectivity index (χ1v) is 13.5. The molecule has 7 heteroatoms. The van der Waals surface area contributed by atoms with Crippen molar-refractivity contribution in [2.75, 3.05) is 32.8 Å². The number of nitrogens with one attached hydrogen (secondary N) is 1. The molecule has 0 aromatic carbocycles. The van der Waals surface area contributed by atoms with Gasteiger partial charge in [0, 0.05) is 37.7 Å². The molecule has 3 fully saturated rings. The molecule has 0 bridgehead atoms. The molecule has 1 aliphatic carbocycles. The fourth-order valence-electron chi connectivity index (χ4n) is 3.89. The summed E-state index contributed by atoms with van der Waals surface area (Å²) in [5.74, 6) is 1.98. The number of likely N-dealkylation sites (N-methyl/N-ethyl adjacent to an activating group) is 1. The van der Waals surface area contributed by atoms with Gasteiger partial charge in [-0.2, -0.15) is 0 Å². The number of unbranched alkanes of at least 4 members (excludes halogenated alkanes) is 1. The van der Waals surface area contributed by atoms with E-state index in [1.54, 1.807) is 0 Å². The third-order valence-corrected chi connectivity index (χ3v) is 6.68. The monoisotopic (exact) mass is 501 g/mol. The lowest BCUT2D eigenvalue weighted by Gasteiger charge is -2.38. The molecule has 7 nitrogen and oxygen atoms in total. The predicted octanol–water partition coefficient (Wildman–Crippen LogP) is 5.62. The molecule has 3 atom stereocenters. The van der Waals surface area contributed by atoms with Gasteiger partial charge in [0.1, 0.15) is 0 Å². The number of carbonyl (C=O) groups excluding carboxylic acids is 2. The van der Waals surface area contributed by atoms with Crippen LogP contribution >= 0.6 is 0 Å². The number of allylic oxidation sites excluding steroid dienone is 3. The van der Waals surface area contributed by atoms with Crippen LogP contribution in [0, 0.1) is 17.8 Å². The summed E-state index contributed by atoms with van der Waals surface area (Å²) in [6, 6.07) is 0. The molecule has 3 rings (SSSR count). The lowest BCUT2D eigenvalue weighted by atomic mass is 10.1. The first-order valence-electron chi connectivity index (χ1n) is 13.5. The summed E-state index contributed by atoms with van der Waals surface area (Å²) in [6.45, 7) is 19.7. The highest BCUT2D eigenvalue weighted by Gasteiger charge is 2.48. The topological polar surface area (TPSA) is 71.1 Å². The molecule has 0 aromatic heterocycles. The van der Waals surface area contributed by atoms with E-state index in [4.69, 9.17) is 9.47 Å². The maximum absolute atomic E-state index is 12.2. The number of likely N-dealkylation sites (tertiary alicyclic amines) is 1. The van der Waals surface area contributed by atoms with Crippen LogP contribution in [0.25, 0.3) is 0 Å². The Bertz CT molecular complexity index is 833. The van der Waals surface area contributed by atoms with Crippen molar-refractivity contribution in [2.24, 2.45) is 17.8 Å². The number of fused-ring (bicyclic) bond motifs is 1. The second-order valence-electron chi connectivity index (χ2n) is 10.5. The van der Waals surface area contributed by atoms with E-state index in [2.05, 4.69) is 38.7 Å². The zero-order valence-corrected chi connectivity index (χ0v) is 23.2. The quantitative estimate of drug-likeness (QED) is 0.294. The van der Waals surface area contributed by atoms with Crippen molar-refractivity contribution in [3.05, 3.63) is 48.5 Å².